The van der Waals surface area contributed by atoms with Gasteiger partial charge in [0.15, 0.2) is 0 Å². The Hall–Kier alpha value is -1.20. The van der Waals surface area contributed by atoms with Crippen LogP contribution in [0.5, 0.6) is 0 Å². The largest absolute Gasteiger partial charge is 0.462 e. The van der Waals surface area contributed by atoms with Gasteiger partial charge in [0.05, 0.1) is 18.3 Å². The van der Waals surface area contributed by atoms with Gasteiger partial charge in [-0.05, 0) is 32.0 Å². The molecular formula is C13H19NO3S. The zero-order valence-corrected chi connectivity index (χ0v) is 11.7. The lowest BCUT2D eigenvalue weighted by Crippen LogP contribution is -2.15. The number of esters is 1. The zero-order chi connectivity index (χ0) is 13.7. The van der Waals surface area contributed by atoms with Crippen LogP contribution in [0.15, 0.2) is 23.1 Å². The molecule has 0 fully saturated rings. The third-order valence-corrected chi connectivity index (χ3v) is 3.90. The van der Waals surface area contributed by atoms with Gasteiger partial charge < -0.3 is 15.6 Å². The Balaban J connectivity index is 2.83. The molecule has 1 rings (SSSR count). The van der Waals surface area contributed by atoms with Crippen molar-refractivity contribution in [1.82, 2.24) is 0 Å². The summed E-state index contributed by atoms with van der Waals surface area (Å²) in [4.78, 5) is 12.4. The molecule has 2 unspecified atom stereocenters. The molecule has 1 aromatic rings. The highest BCUT2D eigenvalue weighted by molar-refractivity contribution is 8.00. The van der Waals surface area contributed by atoms with Crippen LogP contribution in [-0.2, 0) is 4.74 Å². The summed E-state index contributed by atoms with van der Waals surface area (Å²) in [6.45, 7) is 5.76. The molecule has 5 heteroatoms. The molecule has 4 nitrogen and oxygen atoms in total. The minimum atomic E-state index is -0.417. The summed E-state index contributed by atoms with van der Waals surface area (Å²) < 4.78 is 4.90. The van der Waals surface area contributed by atoms with Crippen LogP contribution < -0.4 is 5.73 Å². The first-order chi connectivity index (χ1) is 8.45. The second kappa shape index (κ2) is 6.66. The van der Waals surface area contributed by atoms with Crippen LogP contribution in [0, 0.1) is 0 Å². The minimum absolute atomic E-state index is 0.0424. The molecule has 3 N–H and O–H groups in total. The van der Waals surface area contributed by atoms with Gasteiger partial charge >= 0.3 is 5.97 Å². The van der Waals surface area contributed by atoms with Gasteiger partial charge in [0.25, 0.3) is 0 Å². The SMILES string of the molecule is CCOC(=O)c1ccc(SC(C)C(C)O)c(N)c1. The zero-order valence-electron chi connectivity index (χ0n) is 10.8. The van der Waals surface area contributed by atoms with E-state index in [4.69, 9.17) is 10.5 Å². The van der Waals surface area contributed by atoms with Gasteiger partial charge in [-0.25, -0.2) is 4.79 Å². The monoisotopic (exact) mass is 269 g/mol. The molecule has 0 heterocycles. The number of hydrogen-bond donors (Lipinski definition) is 2. The van der Waals surface area contributed by atoms with Gasteiger partial charge in [0, 0.05) is 15.8 Å². The average Bonchev–Trinajstić information content (AvgIpc) is 2.31. The summed E-state index contributed by atoms with van der Waals surface area (Å²) >= 11 is 1.48. The number of hydrogen-bond acceptors (Lipinski definition) is 5. The van der Waals surface area contributed by atoms with Gasteiger partial charge in [-0.15, -0.1) is 11.8 Å². The van der Waals surface area contributed by atoms with Crippen LogP contribution in [0.4, 0.5) is 5.69 Å². The second-order valence-corrected chi connectivity index (χ2v) is 5.46. The summed E-state index contributed by atoms with van der Waals surface area (Å²) in [5.41, 5.74) is 6.87. The van der Waals surface area contributed by atoms with Crippen molar-refractivity contribution in [2.24, 2.45) is 0 Å². The van der Waals surface area contributed by atoms with Crippen molar-refractivity contribution >= 4 is 23.4 Å². The quantitative estimate of drug-likeness (QED) is 0.487. The first-order valence-electron chi connectivity index (χ1n) is 5.87. The third kappa shape index (κ3) is 3.92. The number of nitrogen functional groups attached to an aromatic ring is 1. The molecule has 18 heavy (non-hydrogen) atoms. The van der Waals surface area contributed by atoms with Crippen LogP contribution in [0.3, 0.4) is 0 Å². The molecule has 0 aromatic heterocycles. The molecule has 100 valence electrons. The van der Waals surface area contributed by atoms with E-state index in [1.54, 1.807) is 32.0 Å². The molecular weight excluding hydrogens is 250 g/mol. The van der Waals surface area contributed by atoms with Crippen molar-refractivity contribution in [3.8, 4) is 0 Å². The Morgan fingerprint density at radius 3 is 2.67 bits per heavy atom. The molecule has 1 aromatic carbocycles. The van der Waals surface area contributed by atoms with Crippen LogP contribution in [-0.4, -0.2) is 29.0 Å². The van der Waals surface area contributed by atoms with Crippen molar-refractivity contribution < 1.29 is 14.6 Å². The van der Waals surface area contributed by atoms with Gasteiger partial charge in [0.2, 0.25) is 0 Å². The van der Waals surface area contributed by atoms with Crippen molar-refractivity contribution in [2.75, 3.05) is 12.3 Å². The average molecular weight is 269 g/mol. The molecule has 0 bridgehead atoms. The Morgan fingerprint density at radius 2 is 2.17 bits per heavy atom. The lowest BCUT2D eigenvalue weighted by Gasteiger charge is -2.15. The number of nitrogens with two attached hydrogens (primary N) is 1. The summed E-state index contributed by atoms with van der Waals surface area (Å²) in [6.07, 6.45) is -0.417. The molecule has 0 saturated carbocycles. The molecule has 0 aliphatic carbocycles. The fourth-order valence-corrected chi connectivity index (χ4v) is 2.24. The van der Waals surface area contributed by atoms with E-state index in [0.717, 1.165) is 4.90 Å². The van der Waals surface area contributed by atoms with E-state index >= 15 is 0 Å². The van der Waals surface area contributed by atoms with Gasteiger partial charge in [0.1, 0.15) is 0 Å². The first kappa shape index (κ1) is 14.9. The number of aliphatic hydroxyl groups is 1. The Labute approximate surface area is 112 Å². The highest BCUT2D eigenvalue weighted by Gasteiger charge is 2.14. The van der Waals surface area contributed by atoms with Crippen molar-refractivity contribution in [3.63, 3.8) is 0 Å². The Kier molecular flexibility index (Phi) is 5.50. The van der Waals surface area contributed by atoms with E-state index in [0.29, 0.717) is 17.9 Å². The lowest BCUT2D eigenvalue weighted by molar-refractivity contribution is 0.0526. The highest BCUT2D eigenvalue weighted by Crippen LogP contribution is 2.30. The number of benzene rings is 1. The van der Waals surface area contributed by atoms with E-state index in [1.165, 1.54) is 11.8 Å². The van der Waals surface area contributed by atoms with Gasteiger partial charge in [-0.2, -0.15) is 0 Å². The van der Waals surface area contributed by atoms with E-state index in [-0.39, 0.29) is 11.2 Å². The number of aliphatic hydroxyl groups excluding tert-OH is 1. The Bertz CT molecular complexity index is 421. The van der Waals surface area contributed by atoms with Crippen LogP contribution in [0.1, 0.15) is 31.1 Å². The number of rotatable bonds is 5. The fraction of sp³-hybridized carbons (Fsp3) is 0.462. The molecule has 0 spiro atoms. The van der Waals surface area contributed by atoms with E-state index in [1.807, 2.05) is 6.92 Å². The summed E-state index contributed by atoms with van der Waals surface area (Å²) in [6, 6.07) is 5.08. The maximum absolute atomic E-state index is 11.5. The predicted molar refractivity (Wildman–Crippen MR) is 73.8 cm³/mol. The second-order valence-electron chi connectivity index (χ2n) is 4.04. The minimum Gasteiger partial charge on any atom is -0.462 e. The number of carbonyl (C=O) groups is 1. The number of carbonyl (C=O) groups excluding carboxylic acids is 1. The smallest absolute Gasteiger partial charge is 0.338 e. The lowest BCUT2D eigenvalue weighted by atomic mass is 10.2. The first-order valence-corrected chi connectivity index (χ1v) is 6.75. The van der Waals surface area contributed by atoms with E-state index in [2.05, 4.69) is 0 Å². The Morgan fingerprint density at radius 1 is 1.50 bits per heavy atom. The van der Waals surface area contributed by atoms with E-state index < -0.39 is 6.10 Å². The number of thioether (sulfide) groups is 1. The standard InChI is InChI=1S/C13H19NO3S/c1-4-17-13(16)10-5-6-12(11(14)7-10)18-9(3)8(2)15/h5-9,15H,4,14H2,1-3H3. The topological polar surface area (TPSA) is 72.5 Å². The number of ether oxygens (including phenoxy) is 1. The number of anilines is 1. The molecule has 0 aliphatic heterocycles. The maximum atomic E-state index is 11.5. The highest BCUT2D eigenvalue weighted by atomic mass is 32.2. The summed E-state index contributed by atoms with van der Waals surface area (Å²) in [5.74, 6) is -0.371. The molecule has 0 amide bonds. The molecule has 0 saturated heterocycles. The van der Waals surface area contributed by atoms with Gasteiger partial charge in [-0.3, -0.25) is 0 Å². The normalized spacial score (nSPS) is 14.0. The summed E-state index contributed by atoms with van der Waals surface area (Å²) in [5, 5.41) is 9.49. The van der Waals surface area contributed by atoms with Gasteiger partial charge in [-0.1, -0.05) is 6.92 Å². The molecule has 2 atom stereocenters. The van der Waals surface area contributed by atoms with Crippen LogP contribution >= 0.6 is 11.8 Å². The van der Waals surface area contributed by atoms with E-state index in [9.17, 15) is 9.90 Å². The molecule has 0 radical (unpaired) electrons. The molecule has 0 aliphatic rings. The predicted octanol–water partition coefficient (Wildman–Crippen LogP) is 2.31. The summed E-state index contributed by atoms with van der Waals surface area (Å²) in [7, 11) is 0. The fourth-order valence-electron chi connectivity index (χ4n) is 1.30. The van der Waals surface area contributed by atoms with Crippen LogP contribution in [0.2, 0.25) is 0 Å². The third-order valence-electron chi connectivity index (χ3n) is 2.51. The van der Waals surface area contributed by atoms with Crippen molar-refractivity contribution in [3.05, 3.63) is 23.8 Å². The van der Waals surface area contributed by atoms with Crippen molar-refractivity contribution in [1.29, 1.82) is 0 Å². The van der Waals surface area contributed by atoms with Crippen molar-refractivity contribution in [2.45, 2.75) is 37.0 Å². The van der Waals surface area contributed by atoms with Crippen LogP contribution in [0.25, 0.3) is 0 Å². The maximum Gasteiger partial charge on any atom is 0.338 e.